The monoisotopic (exact) mass is 268 g/mol. The van der Waals surface area contributed by atoms with Gasteiger partial charge in [-0.2, -0.15) is 5.10 Å². The normalized spacial score (nSPS) is 10.9. The molecule has 5 nitrogen and oxygen atoms in total. The van der Waals surface area contributed by atoms with Gasteiger partial charge in [-0.05, 0) is 31.2 Å². The van der Waals surface area contributed by atoms with Crippen molar-refractivity contribution in [2.45, 2.75) is 13.5 Å². The topological polar surface area (TPSA) is 65.4 Å². The van der Waals surface area contributed by atoms with Crippen molar-refractivity contribution in [1.29, 1.82) is 0 Å². The number of fused-ring (bicyclic) bond motifs is 1. The van der Waals surface area contributed by atoms with Crippen LogP contribution in [0.3, 0.4) is 0 Å². The van der Waals surface area contributed by atoms with Gasteiger partial charge in [0.2, 0.25) is 0 Å². The molecule has 5 heteroatoms. The van der Waals surface area contributed by atoms with Gasteiger partial charge < -0.3 is 10.5 Å². The Labute approximate surface area is 117 Å². The number of rotatable bonds is 4. The molecule has 102 valence electrons. The third kappa shape index (κ3) is 2.35. The van der Waals surface area contributed by atoms with Crippen LogP contribution in [0, 0.1) is 0 Å². The highest BCUT2D eigenvalue weighted by atomic mass is 16.5. The van der Waals surface area contributed by atoms with Crippen molar-refractivity contribution in [3.05, 3.63) is 48.3 Å². The molecular formula is C15H16N4O. The lowest BCUT2D eigenvalue weighted by Gasteiger charge is -2.05. The van der Waals surface area contributed by atoms with Gasteiger partial charge in [-0.25, -0.2) is 9.50 Å². The number of benzene rings is 1. The first-order chi connectivity index (χ1) is 9.80. The van der Waals surface area contributed by atoms with Crippen LogP contribution in [-0.2, 0) is 6.54 Å². The van der Waals surface area contributed by atoms with Crippen molar-refractivity contribution < 1.29 is 4.74 Å². The van der Waals surface area contributed by atoms with Crippen molar-refractivity contribution in [2.24, 2.45) is 5.73 Å². The summed E-state index contributed by atoms with van der Waals surface area (Å²) in [5.41, 5.74) is 9.12. The lowest BCUT2D eigenvalue weighted by atomic mass is 10.1. The number of aromatic nitrogens is 3. The van der Waals surface area contributed by atoms with Crippen LogP contribution in [-0.4, -0.2) is 21.2 Å². The Balaban J connectivity index is 2.02. The molecule has 3 aromatic rings. The second-order valence-electron chi connectivity index (χ2n) is 4.42. The van der Waals surface area contributed by atoms with E-state index in [0.717, 1.165) is 28.3 Å². The van der Waals surface area contributed by atoms with E-state index < -0.39 is 0 Å². The van der Waals surface area contributed by atoms with Crippen LogP contribution in [0.2, 0.25) is 0 Å². The molecule has 0 amide bonds. The molecule has 0 spiro atoms. The van der Waals surface area contributed by atoms with Crippen molar-refractivity contribution >= 4 is 5.65 Å². The Morgan fingerprint density at radius 3 is 2.95 bits per heavy atom. The van der Waals surface area contributed by atoms with Crippen LogP contribution in [0.4, 0.5) is 0 Å². The van der Waals surface area contributed by atoms with E-state index in [-0.39, 0.29) is 0 Å². The Kier molecular flexibility index (Phi) is 3.35. The second kappa shape index (κ2) is 5.30. The fourth-order valence-electron chi connectivity index (χ4n) is 2.10. The quantitative estimate of drug-likeness (QED) is 0.788. The summed E-state index contributed by atoms with van der Waals surface area (Å²) < 4.78 is 7.27. The van der Waals surface area contributed by atoms with Gasteiger partial charge in [0.25, 0.3) is 0 Å². The number of hydrogen-bond acceptors (Lipinski definition) is 4. The molecule has 0 bridgehead atoms. The predicted octanol–water partition coefficient (Wildman–Crippen LogP) is 2.25. The minimum Gasteiger partial charge on any atom is -0.494 e. The molecule has 0 saturated heterocycles. The summed E-state index contributed by atoms with van der Waals surface area (Å²) in [5.74, 6) is 0.847. The Morgan fingerprint density at radius 2 is 2.15 bits per heavy atom. The molecule has 0 atom stereocenters. The van der Waals surface area contributed by atoms with Gasteiger partial charge in [-0.15, -0.1) is 0 Å². The van der Waals surface area contributed by atoms with Crippen LogP contribution >= 0.6 is 0 Å². The number of nitrogens with zero attached hydrogens (tertiary/aromatic N) is 3. The van der Waals surface area contributed by atoms with Gasteiger partial charge in [0.05, 0.1) is 24.2 Å². The number of imidazole rings is 1. The molecule has 0 unspecified atom stereocenters. The maximum atomic E-state index is 5.60. The molecule has 2 aromatic heterocycles. The number of hydrogen-bond donors (Lipinski definition) is 1. The summed E-state index contributed by atoms with van der Waals surface area (Å²) in [6, 6.07) is 11.8. The van der Waals surface area contributed by atoms with Crippen LogP contribution in [0.5, 0.6) is 5.75 Å². The SMILES string of the molecule is CCOc1cccc(-c2ccc3nc(CN)cn3n2)c1. The van der Waals surface area contributed by atoms with E-state index in [2.05, 4.69) is 10.1 Å². The van der Waals surface area contributed by atoms with E-state index in [9.17, 15) is 0 Å². The summed E-state index contributed by atoms with van der Waals surface area (Å²) in [5, 5.41) is 4.56. The van der Waals surface area contributed by atoms with Crippen LogP contribution in [0.1, 0.15) is 12.6 Å². The maximum Gasteiger partial charge on any atom is 0.153 e. The number of nitrogens with two attached hydrogens (primary N) is 1. The highest BCUT2D eigenvalue weighted by Crippen LogP contribution is 2.22. The molecule has 1 aromatic carbocycles. The van der Waals surface area contributed by atoms with Gasteiger partial charge >= 0.3 is 0 Å². The molecule has 3 rings (SSSR count). The molecule has 0 aliphatic carbocycles. The third-order valence-corrected chi connectivity index (χ3v) is 3.02. The van der Waals surface area contributed by atoms with Gasteiger partial charge in [0, 0.05) is 12.1 Å². The lowest BCUT2D eigenvalue weighted by molar-refractivity contribution is 0.340. The Hall–Kier alpha value is -2.40. The zero-order valence-electron chi connectivity index (χ0n) is 11.3. The first-order valence-corrected chi connectivity index (χ1v) is 6.59. The van der Waals surface area contributed by atoms with Crippen LogP contribution < -0.4 is 10.5 Å². The highest BCUT2D eigenvalue weighted by Gasteiger charge is 2.05. The lowest BCUT2D eigenvalue weighted by Crippen LogP contribution is -1.95. The Bertz CT molecular complexity index is 736. The molecule has 0 fully saturated rings. The highest BCUT2D eigenvalue weighted by molar-refractivity contribution is 5.62. The van der Waals surface area contributed by atoms with Crippen molar-refractivity contribution in [2.75, 3.05) is 6.61 Å². The Morgan fingerprint density at radius 1 is 1.25 bits per heavy atom. The average molecular weight is 268 g/mol. The summed E-state index contributed by atoms with van der Waals surface area (Å²) in [7, 11) is 0. The average Bonchev–Trinajstić information content (AvgIpc) is 2.90. The molecular weight excluding hydrogens is 252 g/mol. The van der Waals surface area contributed by atoms with Crippen LogP contribution in [0.25, 0.3) is 16.9 Å². The van der Waals surface area contributed by atoms with Gasteiger partial charge in [-0.3, -0.25) is 0 Å². The summed E-state index contributed by atoms with van der Waals surface area (Å²) in [6.07, 6.45) is 1.85. The third-order valence-electron chi connectivity index (χ3n) is 3.02. The van der Waals surface area contributed by atoms with E-state index in [1.165, 1.54) is 0 Å². The molecule has 2 heterocycles. The van der Waals surface area contributed by atoms with E-state index in [1.54, 1.807) is 4.52 Å². The smallest absolute Gasteiger partial charge is 0.153 e. The maximum absolute atomic E-state index is 5.60. The van der Waals surface area contributed by atoms with E-state index in [4.69, 9.17) is 10.5 Å². The first kappa shape index (κ1) is 12.6. The van der Waals surface area contributed by atoms with E-state index in [1.807, 2.05) is 49.5 Å². The first-order valence-electron chi connectivity index (χ1n) is 6.59. The molecule has 0 aliphatic heterocycles. The van der Waals surface area contributed by atoms with Crippen LogP contribution in [0.15, 0.2) is 42.6 Å². The standard InChI is InChI=1S/C15H16N4O/c1-2-20-13-5-3-4-11(8-13)14-6-7-15-17-12(9-16)10-19(15)18-14/h3-8,10H,2,9,16H2,1H3. The minimum absolute atomic E-state index is 0.415. The molecule has 0 saturated carbocycles. The van der Waals surface area contributed by atoms with Gasteiger partial charge in [-0.1, -0.05) is 12.1 Å². The zero-order chi connectivity index (χ0) is 13.9. The minimum atomic E-state index is 0.415. The van der Waals surface area contributed by atoms with E-state index in [0.29, 0.717) is 13.2 Å². The fourth-order valence-corrected chi connectivity index (χ4v) is 2.10. The largest absolute Gasteiger partial charge is 0.494 e. The molecule has 20 heavy (non-hydrogen) atoms. The second-order valence-corrected chi connectivity index (χ2v) is 4.42. The molecule has 0 radical (unpaired) electrons. The predicted molar refractivity (Wildman–Crippen MR) is 77.5 cm³/mol. The van der Waals surface area contributed by atoms with Gasteiger partial charge in [0.15, 0.2) is 5.65 Å². The van der Waals surface area contributed by atoms with Crippen molar-refractivity contribution in [1.82, 2.24) is 14.6 Å². The summed E-state index contributed by atoms with van der Waals surface area (Å²) in [6.45, 7) is 3.03. The van der Waals surface area contributed by atoms with Crippen molar-refractivity contribution in [3.63, 3.8) is 0 Å². The zero-order valence-corrected chi connectivity index (χ0v) is 11.3. The number of ether oxygens (including phenoxy) is 1. The van der Waals surface area contributed by atoms with Crippen molar-refractivity contribution in [3.8, 4) is 17.0 Å². The summed E-state index contributed by atoms with van der Waals surface area (Å²) >= 11 is 0. The summed E-state index contributed by atoms with van der Waals surface area (Å²) in [4.78, 5) is 4.36. The van der Waals surface area contributed by atoms with Gasteiger partial charge in [0.1, 0.15) is 5.75 Å². The molecule has 2 N–H and O–H groups in total. The molecule has 0 aliphatic rings. The van der Waals surface area contributed by atoms with E-state index >= 15 is 0 Å². The fraction of sp³-hybridized carbons (Fsp3) is 0.200.